The van der Waals surface area contributed by atoms with E-state index in [0.717, 1.165) is 5.69 Å². The summed E-state index contributed by atoms with van der Waals surface area (Å²) in [5.74, 6) is 0.238. The van der Waals surface area contributed by atoms with Crippen LogP contribution in [0.1, 0.15) is 16.8 Å². The number of anilines is 1. The Morgan fingerprint density at radius 3 is 2.88 bits per heavy atom. The molecule has 0 radical (unpaired) electrons. The Morgan fingerprint density at radius 2 is 2.16 bits per heavy atom. The molecule has 8 heteroatoms. The molecule has 0 bridgehead atoms. The fraction of sp³-hybridized carbons (Fsp3) is 0.529. The van der Waals surface area contributed by atoms with Crippen molar-refractivity contribution in [2.45, 2.75) is 12.5 Å². The first-order valence-electron chi connectivity index (χ1n) is 8.16. The van der Waals surface area contributed by atoms with Gasteiger partial charge in [-0.2, -0.15) is 0 Å². The largest absolute Gasteiger partial charge is 0.489 e. The van der Waals surface area contributed by atoms with Crippen LogP contribution in [0.2, 0.25) is 0 Å². The number of alkyl halides is 1. The minimum Gasteiger partial charge on any atom is -0.489 e. The zero-order chi connectivity index (χ0) is 18.2. The lowest BCUT2D eigenvalue weighted by Gasteiger charge is -2.35. The summed E-state index contributed by atoms with van der Waals surface area (Å²) in [4.78, 5) is 25.9. The molecule has 1 atom stereocenters. The van der Waals surface area contributed by atoms with E-state index < -0.39 is 6.67 Å². The summed E-state index contributed by atoms with van der Waals surface area (Å²) in [6.07, 6.45) is 0.195. The van der Waals surface area contributed by atoms with Crippen molar-refractivity contribution in [1.82, 2.24) is 10.6 Å². The molecule has 1 aliphatic rings. The van der Waals surface area contributed by atoms with Crippen molar-refractivity contribution < 1.29 is 23.5 Å². The van der Waals surface area contributed by atoms with Gasteiger partial charge in [0, 0.05) is 32.8 Å². The van der Waals surface area contributed by atoms with Gasteiger partial charge >= 0.3 is 0 Å². The molecule has 0 fully saturated rings. The normalized spacial score (nSPS) is 16.0. The number of carbonyl (C=O) groups excluding carboxylic acids is 2. The number of likely N-dealkylation sites (N-methyl/N-ethyl adjacent to an activating group) is 1. The number of carbonyl (C=O) groups is 2. The van der Waals surface area contributed by atoms with Crippen molar-refractivity contribution in [3.8, 4) is 5.75 Å². The number of rotatable bonds is 8. The van der Waals surface area contributed by atoms with Crippen molar-refractivity contribution in [3.05, 3.63) is 23.8 Å². The lowest BCUT2D eigenvalue weighted by molar-refractivity contribution is -0.121. The van der Waals surface area contributed by atoms with Gasteiger partial charge in [-0.3, -0.25) is 9.59 Å². The number of benzene rings is 1. The Hall–Kier alpha value is -2.35. The molecule has 0 aliphatic carbocycles. The van der Waals surface area contributed by atoms with Crippen LogP contribution in [0.25, 0.3) is 0 Å². The molecule has 1 aromatic carbocycles. The number of methoxy groups -OCH3 is 1. The van der Waals surface area contributed by atoms with Gasteiger partial charge in [-0.1, -0.05) is 0 Å². The minimum absolute atomic E-state index is 0.0124. The Morgan fingerprint density at radius 1 is 1.36 bits per heavy atom. The van der Waals surface area contributed by atoms with Crippen LogP contribution < -0.4 is 20.3 Å². The first kappa shape index (κ1) is 19.0. The summed E-state index contributed by atoms with van der Waals surface area (Å²) < 4.78 is 22.7. The van der Waals surface area contributed by atoms with Crippen LogP contribution in [0, 0.1) is 0 Å². The quantitative estimate of drug-likeness (QED) is 0.674. The number of hydrogen-bond acceptors (Lipinski definition) is 5. The fourth-order valence-corrected chi connectivity index (χ4v) is 2.59. The highest BCUT2D eigenvalue weighted by atomic mass is 19.1. The molecule has 2 rings (SSSR count). The lowest BCUT2D eigenvalue weighted by Crippen LogP contribution is -2.44. The topological polar surface area (TPSA) is 79.9 Å². The molecule has 1 aliphatic heterocycles. The van der Waals surface area contributed by atoms with Gasteiger partial charge in [-0.25, -0.2) is 4.39 Å². The van der Waals surface area contributed by atoms with Crippen LogP contribution in [-0.2, 0) is 9.53 Å². The van der Waals surface area contributed by atoms with Crippen LogP contribution in [-0.4, -0.2) is 65.0 Å². The van der Waals surface area contributed by atoms with E-state index in [0.29, 0.717) is 31.1 Å². The van der Waals surface area contributed by atoms with E-state index in [1.165, 1.54) is 0 Å². The van der Waals surface area contributed by atoms with Gasteiger partial charge in [0.1, 0.15) is 19.0 Å². The zero-order valence-corrected chi connectivity index (χ0v) is 14.5. The summed E-state index contributed by atoms with van der Waals surface area (Å²) in [6.45, 7) is 0.642. The van der Waals surface area contributed by atoms with Crippen LogP contribution in [0.4, 0.5) is 10.1 Å². The molecule has 25 heavy (non-hydrogen) atoms. The Bertz CT molecular complexity index is 612. The highest BCUT2D eigenvalue weighted by Crippen LogP contribution is 2.34. The smallest absolute Gasteiger partial charge is 0.251 e. The summed E-state index contributed by atoms with van der Waals surface area (Å²) in [5.41, 5.74) is 1.25. The number of halogens is 1. The molecule has 1 unspecified atom stereocenters. The van der Waals surface area contributed by atoms with E-state index in [1.807, 2.05) is 11.9 Å². The Labute approximate surface area is 146 Å². The minimum atomic E-state index is -0.590. The second-order valence-corrected chi connectivity index (χ2v) is 5.75. The maximum Gasteiger partial charge on any atom is 0.251 e. The van der Waals surface area contributed by atoms with E-state index >= 15 is 0 Å². The third-order valence-electron chi connectivity index (χ3n) is 4.01. The highest BCUT2D eigenvalue weighted by molar-refractivity contribution is 5.95. The fourth-order valence-electron chi connectivity index (χ4n) is 2.59. The van der Waals surface area contributed by atoms with Gasteiger partial charge in [0.15, 0.2) is 0 Å². The predicted molar refractivity (Wildman–Crippen MR) is 91.9 cm³/mol. The summed E-state index contributed by atoms with van der Waals surface area (Å²) in [7, 11) is 3.42. The number of fused-ring (bicyclic) bond motifs is 1. The standard InChI is InChI=1S/C17H24FN3O4/c1-21-13(10-16(22)19-6-5-18)11-25-15-4-3-12(9-14(15)21)17(23)20-7-8-24-2/h3-4,9,13H,5-8,10-11H2,1-2H3,(H,19,22)(H,20,23). The van der Waals surface area contributed by atoms with Crippen LogP contribution >= 0.6 is 0 Å². The van der Waals surface area contributed by atoms with Crippen LogP contribution in [0.3, 0.4) is 0 Å². The number of nitrogens with zero attached hydrogens (tertiary/aromatic N) is 1. The molecule has 1 heterocycles. The molecule has 2 N–H and O–H groups in total. The molecule has 138 valence electrons. The van der Waals surface area contributed by atoms with E-state index in [4.69, 9.17) is 9.47 Å². The van der Waals surface area contributed by atoms with Crippen molar-refractivity contribution in [2.24, 2.45) is 0 Å². The average molecular weight is 353 g/mol. The van der Waals surface area contributed by atoms with Crippen molar-refractivity contribution in [2.75, 3.05) is 52.0 Å². The maximum absolute atomic E-state index is 12.2. The molecule has 0 saturated carbocycles. The van der Waals surface area contributed by atoms with Crippen LogP contribution in [0.15, 0.2) is 18.2 Å². The van der Waals surface area contributed by atoms with E-state index in [-0.39, 0.29) is 30.8 Å². The number of hydrogen-bond donors (Lipinski definition) is 2. The molecule has 7 nitrogen and oxygen atoms in total. The van der Waals surface area contributed by atoms with Gasteiger partial charge < -0.3 is 25.0 Å². The summed E-state index contributed by atoms with van der Waals surface area (Å²) in [5, 5.41) is 5.28. The number of ether oxygens (including phenoxy) is 2. The lowest BCUT2D eigenvalue weighted by atomic mass is 10.1. The van der Waals surface area contributed by atoms with Crippen molar-refractivity contribution in [3.63, 3.8) is 0 Å². The van der Waals surface area contributed by atoms with Gasteiger partial charge in [0.2, 0.25) is 5.91 Å². The Balaban J connectivity index is 2.05. The molecule has 0 saturated heterocycles. The Kier molecular flexibility index (Phi) is 7.00. The molecule has 1 aromatic rings. The summed E-state index contributed by atoms with van der Waals surface area (Å²) >= 11 is 0. The second-order valence-electron chi connectivity index (χ2n) is 5.75. The van der Waals surface area contributed by atoms with E-state index in [9.17, 15) is 14.0 Å². The first-order valence-corrected chi connectivity index (χ1v) is 8.16. The average Bonchev–Trinajstić information content (AvgIpc) is 2.62. The number of amides is 2. The molecular weight excluding hydrogens is 329 g/mol. The van der Waals surface area contributed by atoms with Gasteiger partial charge in [-0.15, -0.1) is 0 Å². The molecule has 0 spiro atoms. The molecular formula is C17H24FN3O4. The third-order valence-corrected chi connectivity index (χ3v) is 4.01. The van der Waals surface area contributed by atoms with Crippen LogP contribution in [0.5, 0.6) is 5.75 Å². The monoisotopic (exact) mass is 353 g/mol. The maximum atomic E-state index is 12.2. The van der Waals surface area contributed by atoms with Gasteiger partial charge in [0.05, 0.1) is 24.8 Å². The predicted octanol–water partition coefficient (Wildman–Crippen LogP) is 0.736. The highest BCUT2D eigenvalue weighted by Gasteiger charge is 2.27. The zero-order valence-electron chi connectivity index (χ0n) is 14.5. The van der Waals surface area contributed by atoms with Gasteiger partial charge in [-0.05, 0) is 18.2 Å². The summed E-state index contributed by atoms with van der Waals surface area (Å²) in [6, 6.07) is 5.00. The van der Waals surface area contributed by atoms with E-state index in [2.05, 4.69) is 10.6 Å². The second kappa shape index (κ2) is 9.22. The van der Waals surface area contributed by atoms with Crippen molar-refractivity contribution in [1.29, 1.82) is 0 Å². The third kappa shape index (κ3) is 5.06. The van der Waals surface area contributed by atoms with Crippen molar-refractivity contribution >= 4 is 17.5 Å². The molecule has 2 amide bonds. The SMILES string of the molecule is COCCNC(=O)c1ccc2c(c1)N(C)C(CC(=O)NCCF)CO2. The number of nitrogens with one attached hydrogen (secondary N) is 2. The molecule has 0 aromatic heterocycles. The van der Waals surface area contributed by atoms with E-state index in [1.54, 1.807) is 25.3 Å². The van der Waals surface area contributed by atoms with Gasteiger partial charge in [0.25, 0.3) is 5.91 Å². The first-order chi connectivity index (χ1) is 12.1.